The van der Waals surface area contributed by atoms with Gasteiger partial charge in [-0.25, -0.2) is 8.42 Å². The van der Waals surface area contributed by atoms with E-state index in [1.54, 1.807) is 36.4 Å². The van der Waals surface area contributed by atoms with Crippen LogP contribution >= 0.6 is 0 Å². The van der Waals surface area contributed by atoms with Gasteiger partial charge in [0, 0.05) is 0 Å². The van der Waals surface area contributed by atoms with Crippen molar-refractivity contribution in [3.63, 3.8) is 0 Å². The first-order valence-electron chi connectivity index (χ1n) is 7.17. The molecule has 0 amide bonds. The molecule has 2 aromatic carbocycles. The summed E-state index contributed by atoms with van der Waals surface area (Å²) in [6.07, 6.45) is -5.58. The molecular formula is C17H15F3O3S. The maximum absolute atomic E-state index is 12.9. The fourth-order valence-corrected chi connectivity index (χ4v) is 4.04. The lowest BCUT2D eigenvalue weighted by atomic mass is 10.1. The number of Topliss-reactive ketones (excluding diaryl/α,β-unsaturated/α-hetero) is 1. The van der Waals surface area contributed by atoms with Crippen LogP contribution in [0.25, 0.3) is 0 Å². The van der Waals surface area contributed by atoms with Gasteiger partial charge in [0.2, 0.25) is 0 Å². The minimum absolute atomic E-state index is 0.0550. The minimum atomic E-state index is -5.21. The highest BCUT2D eigenvalue weighted by Crippen LogP contribution is 2.28. The second-order valence-corrected chi connectivity index (χ2v) is 7.36. The lowest BCUT2D eigenvalue weighted by Crippen LogP contribution is -2.40. The highest BCUT2D eigenvalue weighted by Gasteiger charge is 2.48. The molecule has 0 aliphatic heterocycles. The molecule has 1 unspecified atom stereocenters. The summed E-state index contributed by atoms with van der Waals surface area (Å²) in [5, 5.41) is -2.15. The van der Waals surface area contributed by atoms with Crippen molar-refractivity contribution in [2.75, 3.05) is 0 Å². The van der Waals surface area contributed by atoms with Gasteiger partial charge in [-0.3, -0.25) is 4.79 Å². The van der Waals surface area contributed by atoms with Gasteiger partial charge in [0.05, 0.1) is 4.90 Å². The smallest absolute Gasteiger partial charge is 0.288 e. The first-order chi connectivity index (χ1) is 11.2. The molecule has 0 radical (unpaired) electrons. The number of alkyl halides is 3. The van der Waals surface area contributed by atoms with Crippen molar-refractivity contribution in [2.45, 2.75) is 29.2 Å². The average molecular weight is 356 g/mol. The summed E-state index contributed by atoms with van der Waals surface area (Å²) >= 11 is 0. The molecule has 1 atom stereocenters. The highest BCUT2D eigenvalue weighted by atomic mass is 32.2. The van der Waals surface area contributed by atoms with Crippen LogP contribution in [0.2, 0.25) is 0 Å². The molecule has 24 heavy (non-hydrogen) atoms. The van der Waals surface area contributed by atoms with Gasteiger partial charge in [-0.1, -0.05) is 48.5 Å². The number of carbonyl (C=O) groups is 1. The Morgan fingerprint density at radius 1 is 0.917 bits per heavy atom. The molecule has 0 spiro atoms. The molecule has 0 bridgehead atoms. The van der Waals surface area contributed by atoms with E-state index in [2.05, 4.69) is 0 Å². The molecule has 2 aromatic rings. The van der Waals surface area contributed by atoms with Crippen LogP contribution in [0.4, 0.5) is 13.2 Å². The molecule has 0 aromatic heterocycles. The van der Waals surface area contributed by atoms with Crippen molar-refractivity contribution in [3.05, 3.63) is 66.2 Å². The van der Waals surface area contributed by atoms with E-state index < -0.39 is 33.5 Å². The summed E-state index contributed by atoms with van der Waals surface area (Å²) in [6, 6.07) is 15.2. The number of ketones is 1. The summed E-state index contributed by atoms with van der Waals surface area (Å²) in [4.78, 5) is 11.4. The zero-order valence-corrected chi connectivity index (χ0v) is 13.3. The predicted molar refractivity (Wildman–Crippen MR) is 83.2 cm³/mol. The van der Waals surface area contributed by atoms with Gasteiger partial charge in [0.1, 0.15) is 5.25 Å². The maximum Gasteiger partial charge on any atom is 0.451 e. The molecule has 0 fully saturated rings. The molecule has 0 aliphatic rings. The normalized spacial score (nSPS) is 13.5. The number of halogens is 3. The third-order valence-corrected chi connectivity index (χ3v) is 5.68. The first kappa shape index (κ1) is 18.2. The van der Waals surface area contributed by atoms with Gasteiger partial charge in [-0.2, -0.15) is 13.2 Å². The fraction of sp³-hybridized carbons (Fsp3) is 0.235. The summed E-state index contributed by atoms with van der Waals surface area (Å²) in [5.74, 6) is -2.23. The van der Waals surface area contributed by atoms with Crippen LogP contribution < -0.4 is 0 Å². The van der Waals surface area contributed by atoms with E-state index in [9.17, 15) is 26.4 Å². The largest absolute Gasteiger partial charge is 0.451 e. The topological polar surface area (TPSA) is 51.2 Å². The molecular weight excluding hydrogens is 341 g/mol. The molecule has 7 heteroatoms. The summed E-state index contributed by atoms with van der Waals surface area (Å²) in [5.41, 5.74) is 0.667. The zero-order valence-electron chi connectivity index (χ0n) is 12.5. The predicted octanol–water partition coefficient (Wildman–Crippen LogP) is 3.59. The maximum atomic E-state index is 12.9. The van der Waals surface area contributed by atoms with Crippen LogP contribution in [0.3, 0.4) is 0 Å². The van der Waals surface area contributed by atoms with E-state index in [1.165, 1.54) is 24.3 Å². The number of hydrogen-bond acceptors (Lipinski definition) is 3. The van der Waals surface area contributed by atoms with E-state index in [4.69, 9.17) is 0 Å². The molecule has 0 heterocycles. The third-order valence-electron chi connectivity index (χ3n) is 3.56. The molecule has 0 saturated carbocycles. The lowest BCUT2D eigenvalue weighted by Gasteiger charge is -2.18. The lowest BCUT2D eigenvalue weighted by molar-refractivity contribution is -0.170. The van der Waals surface area contributed by atoms with Gasteiger partial charge < -0.3 is 0 Å². The Morgan fingerprint density at radius 3 is 1.92 bits per heavy atom. The molecule has 128 valence electrons. The van der Waals surface area contributed by atoms with Crippen LogP contribution in [0.15, 0.2) is 65.6 Å². The second-order valence-electron chi connectivity index (χ2n) is 5.23. The third kappa shape index (κ3) is 4.23. The van der Waals surface area contributed by atoms with Crippen LogP contribution in [-0.4, -0.2) is 25.6 Å². The Balaban J connectivity index is 2.34. The number of sulfone groups is 1. The van der Waals surface area contributed by atoms with Gasteiger partial charge in [-0.05, 0) is 30.5 Å². The second kappa shape index (κ2) is 7.17. The Morgan fingerprint density at radius 2 is 1.42 bits per heavy atom. The SMILES string of the molecule is O=C(C(CCc1ccccc1)S(=O)(=O)c1ccccc1)C(F)(F)F. The summed E-state index contributed by atoms with van der Waals surface area (Å²) in [7, 11) is -4.42. The van der Waals surface area contributed by atoms with Crippen molar-refractivity contribution in [2.24, 2.45) is 0 Å². The highest BCUT2D eigenvalue weighted by molar-refractivity contribution is 7.92. The molecule has 0 N–H and O–H groups in total. The number of hydrogen-bond donors (Lipinski definition) is 0. The number of carbonyl (C=O) groups excluding carboxylic acids is 1. The number of benzene rings is 2. The zero-order chi connectivity index (χ0) is 17.8. The molecule has 2 rings (SSSR count). The van der Waals surface area contributed by atoms with Crippen molar-refractivity contribution in [1.29, 1.82) is 0 Å². The van der Waals surface area contributed by atoms with Crippen molar-refractivity contribution in [3.8, 4) is 0 Å². The van der Waals surface area contributed by atoms with Crippen molar-refractivity contribution in [1.82, 2.24) is 0 Å². The van der Waals surface area contributed by atoms with Crippen LogP contribution in [0.1, 0.15) is 12.0 Å². The van der Waals surface area contributed by atoms with Crippen molar-refractivity contribution >= 4 is 15.6 Å². The Bertz CT molecular complexity index is 785. The van der Waals surface area contributed by atoms with Crippen LogP contribution in [0.5, 0.6) is 0 Å². The monoisotopic (exact) mass is 356 g/mol. The number of aryl methyl sites for hydroxylation is 1. The van der Waals surface area contributed by atoms with Gasteiger partial charge in [0.25, 0.3) is 5.78 Å². The van der Waals surface area contributed by atoms with E-state index in [-0.39, 0.29) is 11.3 Å². The quantitative estimate of drug-likeness (QED) is 0.795. The van der Waals surface area contributed by atoms with Crippen LogP contribution in [-0.2, 0) is 21.1 Å². The molecule has 0 saturated heterocycles. The van der Waals surface area contributed by atoms with E-state index in [0.717, 1.165) is 0 Å². The van der Waals surface area contributed by atoms with Gasteiger partial charge in [0.15, 0.2) is 9.84 Å². The van der Waals surface area contributed by atoms with E-state index >= 15 is 0 Å². The Kier molecular flexibility index (Phi) is 5.43. The van der Waals surface area contributed by atoms with Crippen molar-refractivity contribution < 1.29 is 26.4 Å². The Hall–Kier alpha value is -2.15. The van der Waals surface area contributed by atoms with Crippen LogP contribution in [0, 0.1) is 0 Å². The molecule has 3 nitrogen and oxygen atoms in total. The van der Waals surface area contributed by atoms with E-state index in [0.29, 0.717) is 5.56 Å². The standard InChI is InChI=1S/C17H15F3O3S/c18-17(19,20)16(21)15(12-11-13-7-3-1-4-8-13)24(22,23)14-9-5-2-6-10-14/h1-10,15H,11-12H2. The Labute approximate surface area is 138 Å². The first-order valence-corrected chi connectivity index (χ1v) is 8.71. The summed E-state index contributed by atoms with van der Waals surface area (Å²) < 4.78 is 63.6. The fourth-order valence-electron chi connectivity index (χ4n) is 2.33. The minimum Gasteiger partial charge on any atom is -0.288 e. The van der Waals surface area contributed by atoms with Gasteiger partial charge >= 0.3 is 6.18 Å². The summed E-state index contributed by atoms with van der Waals surface area (Å²) in [6.45, 7) is 0. The average Bonchev–Trinajstić information content (AvgIpc) is 2.55. The number of rotatable bonds is 6. The van der Waals surface area contributed by atoms with E-state index in [1.807, 2.05) is 0 Å². The van der Waals surface area contributed by atoms with Gasteiger partial charge in [-0.15, -0.1) is 0 Å². The molecule has 0 aliphatic carbocycles.